The lowest BCUT2D eigenvalue weighted by Gasteiger charge is -2.18. The molecule has 0 saturated carbocycles. The molecule has 3 aromatic carbocycles. The van der Waals surface area contributed by atoms with Crippen LogP contribution in [0.4, 0.5) is 11.4 Å². The van der Waals surface area contributed by atoms with Crippen LogP contribution in [-0.4, -0.2) is 29.5 Å². The predicted molar refractivity (Wildman–Crippen MR) is 144 cm³/mol. The van der Waals surface area contributed by atoms with Crippen LogP contribution in [0.25, 0.3) is 6.08 Å². The Bertz CT molecular complexity index is 1410. The number of rotatable bonds is 5. The van der Waals surface area contributed by atoms with Crippen LogP contribution in [0.1, 0.15) is 22.3 Å². The van der Waals surface area contributed by atoms with Crippen LogP contribution in [-0.2, 0) is 9.59 Å². The van der Waals surface area contributed by atoms with E-state index in [-0.39, 0.29) is 30.1 Å². The van der Waals surface area contributed by atoms with Gasteiger partial charge in [0.2, 0.25) is 12.7 Å². The maximum atomic E-state index is 13.4. The monoisotopic (exact) mass is 499 g/mol. The second kappa shape index (κ2) is 9.91. The highest BCUT2D eigenvalue weighted by atomic mass is 32.2. The van der Waals surface area contributed by atoms with Crippen molar-refractivity contribution in [1.82, 2.24) is 0 Å². The van der Waals surface area contributed by atoms with Gasteiger partial charge in [-0.25, -0.2) is 4.99 Å². The van der Waals surface area contributed by atoms with Gasteiger partial charge in [-0.15, -0.1) is 0 Å². The molecule has 5 rings (SSSR count). The van der Waals surface area contributed by atoms with Gasteiger partial charge in [0.25, 0.3) is 5.91 Å². The summed E-state index contributed by atoms with van der Waals surface area (Å²) < 4.78 is 10.8. The first-order valence-corrected chi connectivity index (χ1v) is 12.5. The fraction of sp³-hybridized carbons (Fsp3) is 0.179. The number of carbonyl (C=O) groups excluding carboxylic acids is 2. The first-order chi connectivity index (χ1) is 17.4. The third kappa shape index (κ3) is 4.99. The molecule has 0 unspecified atom stereocenters. The summed E-state index contributed by atoms with van der Waals surface area (Å²) in [5.74, 6) is 0.992. The molecule has 0 aliphatic carbocycles. The van der Waals surface area contributed by atoms with E-state index in [0.717, 1.165) is 27.9 Å². The van der Waals surface area contributed by atoms with Gasteiger partial charge in [0.05, 0.1) is 11.4 Å². The molecule has 3 aromatic rings. The lowest BCUT2D eigenvalue weighted by molar-refractivity contribution is -0.114. The highest BCUT2D eigenvalue weighted by Crippen LogP contribution is 2.34. The van der Waals surface area contributed by atoms with Crippen molar-refractivity contribution in [3.63, 3.8) is 0 Å². The smallest absolute Gasteiger partial charge is 0.283 e. The maximum absolute atomic E-state index is 13.4. The molecule has 0 atom stereocenters. The summed E-state index contributed by atoms with van der Waals surface area (Å²) in [4.78, 5) is 32.3. The van der Waals surface area contributed by atoms with Gasteiger partial charge in [-0.05, 0) is 73.9 Å². The summed E-state index contributed by atoms with van der Waals surface area (Å²) in [6.07, 6.45) is 1.72. The Kier molecular flexibility index (Phi) is 6.52. The second-order valence-corrected chi connectivity index (χ2v) is 9.61. The van der Waals surface area contributed by atoms with Crippen LogP contribution in [0.2, 0.25) is 0 Å². The van der Waals surface area contributed by atoms with Gasteiger partial charge in [0.15, 0.2) is 16.7 Å². The second-order valence-electron chi connectivity index (χ2n) is 8.67. The van der Waals surface area contributed by atoms with Crippen molar-refractivity contribution in [1.29, 1.82) is 0 Å². The maximum Gasteiger partial charge on any atom is 0.283 e. The van der Waals surface area contributed by atoms with Crippen LogP contribution < -0.4 is 19.7 Å². The molecule has 8 heteroatoms. The highest BCUT2D eigenvalue weighted by molar-refractivity contribution is 8.14. The largest absolute Gasteiger partial charge is 0.454 e. The summed E-state index contributed by atoms with van der Waals surface area (Å²) in [6.45, 7) is 6.10. The lowest BCUT2D eigenvalue weighted by Crippen LogP contribution is -2.31. The molecule has 2 aliphatic heterocycles. The number of fused-ring (bicyclic) bond motifs is 1. The minimum absolute atomic E-state index is 0.110. The highest BCUT2D eigenvalue weighted by Gasteiger charge is 2.32. The van der Waals surface area contributed by atoms with E-state index in [1.165, 1.54) is 11.8 Å². The summed E-state index contributed by atoms with van der Waals surface area (Å²) in [5.41, 5.74) is 5.67. The van der Waals surface area contributed by atoms with Gasteiger partial charge in [-0.2, -0.15) is 0 Å². The molecule has 7 nitrogen and oxygen atoms in total. The standard InChI is InChI=1S/C28H25N3O4S/c1-17-5-9-21(10-6-17)31-27(33)23(13-20-8-11-24-25(14-20)35-16-34-24)30-28(31)36-15-26(32)29-22-12-18(2)4-7-19(22)3/h4-14H,15-16H2,1-3H3,(H,29,32). The molecule has 0 radical (unpaired) electrons. The molecule has 0 saturated heterocycles. The zero-order valence-electron chi connectivity index (χ0n) is 20.2. The van der Waals surface area contributed by atoms with Crippen LogP contribution in [0.5, 0.6) is 11.5 Å². The zero-order chi connectivity index (χ0) is 25.2. The van der Waals surface area contributed by atoms with E-state index in [2.05, 4.69) is 10.3 Å². The average molecular weight is 500 g/mol. The number of amides is 2. The number of thioether (sulfide) groups is 1. The average Bonchev–Trinajstić information content (AvgIpc) is 3.45. The van der Waals surface area contributed by atoms with Crippen molar-refractivity contribution in [3.05, 3.63) is 88.6 Å². The third-order valence-electron chi connectivity index (χ3n) is 5.82. The molecule has 36 heavy (non-hydrogen) atoms. The van der Waals surface area contributed by atoms with Gasteiger partial charge in [0, 0.05) is 5.69 Å². The number of aryl methyl sites for hydroxylation is 3. The first kappa shape index (κ1) is 23.7. The number of anilines is 2. The van der Waals surface area contributed by atoms with E-state index < -0.39 is 0 Å². The van der Waals surface area contributed by atoms with E-state index in [1.807, 2.05) is 81.4 Å². The lowest BCUT2D eigenvalue weighted by atomic mass is 10.1. The van der Waals surface area contributed by atoms with Crippen LogP contribution in [0.15, 0.2) is 71.4 Å². The van der Waals surface area contributed by atoms with Gasteiger partial charge in [-0.1, -0.05) is 47.7 Å². The van der Waals surface area contributed by atoms with E-state index in [0.29, 0.717) is 22.4 Å². The number of ether oxygens (including phenoxy) is 2. The molecule has 2 aliphatic rings. The summed E-state index contributed by atoms with van der Waals surface area (Å²) in [5, 5.41) is 3.42. The number of nitrogens with zero attached hydrogens (tertiary/aromatic N) is 2. The van der Waals surface area contributed by atoms with Crippen molar-refractivity contribution in [3.8, 4) is 11.5 Å². The number of aliphatic imine (C=N–C) groups is 1. The van der Waals surface area contributed by atoms with Gasteiger partial charge in [0.1, 0.15) is 5.70 Å². The third-order valence-corrected chi connectivity index (χ3v) is 6.76. The predicted octanol–water partition coefficient (Wildman–Crippen LogP) is 5.46. The van der Waals surface area contributed by atoms with Crippen molar-refractivity contribution in [2.45, 2.75) is 20.8 Å². The molecular formula is C28H25N3O4S. The molecule has 0 spiro atoms. The van der Waals surface area contributed by atoms with Crippen molar-refractivity contribution in [2.75, 3.05) is 22.8 Å². The van der Waals surface area contributed by atoms with E-state index in [4.69, 9.17) is 9.47 Å². The minimum atomic E-state index is -0.256. The Morgan fingerprint density at radius 2 is 1.75 bits per heavy atom. The van der Waals surface area contributed by atoms with Gasteiger partial charge in [-0.3, -0.25) is 14.5 Å². The molecule has 0 fully saturated rings. The molecule has 0 bridgehead atoms. The summed E-state index contributed by atoms with van der Waals surface area (Å²) in [6, 6.07) is 19.0. The minimum Gasteiger partial charge on any atom is -0.454 e. The Labute approximate surface area is 213 Å². The normalized spacial score (nSPS) is 15.4. The molecule has 2 heterocycles. The quantitative estimate of drug-likeness (QED) is 0.472. The Balaban J connectivity index is 1.39. The molecule has 182 valence electrons. The fourth-order valence-electron chi connectivity index (χ4n) is 3.86. The molecular weight excluding hydrogens is 474 g/mol. The van der Waals surface area contributed by atoms with Crippen molar-refractivity contribution in [2.24, 2.45) is 4.99 Å². The Morgan fingerprint density at radius 1 is 1.00 bits per heavy atom. The number of benzene rings is 3. The summed E-state index contributed by atoms with van der Waals surface area (Å²) in [7, 11) is 0. The summed E-state index contributed by atoms with van der Waals surface area (Å²) >= 11 is 1.22. The van der Waals surface area contributed by atoms with Crippen molar-refractivity contribution < 1.29 is 19.1 Å². The Morgan fingerprint density at radius 3 is 2.56 bits per heavy atom. The number of hydrogen-bond donors (Lipinski definition) is 1. The van der Waals surface area contributed by atoms with E-state index in [1.54, 1.807) is 11.0 Å². The first-order valence-electron chi connectivity index (χ1n) is 11.5. The number of carbonyl (C=O) groups is 2. The molecule has 1 N–H and O–H groups in total. The molecule has 0 aromatic heterocycles. The Hall–Kier alpha value is -4.04. The van der Waals surface area contributed by atoms with Gasteiger partial charge >= 0.3 is 0 Å². The number of hydrogen-bond acceptors (Lipinski definition) is 6. The van der Waals surface area contributed by atoms with Crippen molar-refractivity contribution >= 4 is 46.2 Å². The topological polar surface area (TPSA) is 80.2 Å². The SMILES string of the molecule is Cc1ccc(N2C(=O)C(=Cc3ccc4c(c3)OCO4)N=C2SCC(=O)Nc2cc(C)ccc2C)cc1. The van der Waals surface area contributed by atoms with Crippen LogP contribution in [0.3, 0.4) is 0 Å². The van der Waals surface area contributed by atoms with E-state index in [9.17, 15) is 9.59 Å². The number of amidine groups is 1. The zero-order valence-corrected chi connectivity index (χ0v) is 21.0. The van der Waals surface area contributed by atoms with Gasteiger partial charge < -0.3 is 14.8 Å². The number of nitrogens with one attached hydrogen (secondary N) is 1. The van der Waals surface area contributed by atoms with Crippen LogP contribution >= 0.6 is 11.8 Å². The fourth-order valence-corrected chi connectivity index (χ4v) is 4.68. The molecule has 2 amide bonds. The van der Waals surface area contributed by atoms with E-state index >= 15 is 0 Å². The van der Waals surface area contributed by atoms with Crippen LogP contribution in [0, 0.1) is 20.8 Å².